The highest BCUT2D eigenvalue weighted by Crippen LogP contribution is 2.17. The minimum Gasteiger partial charge on any atom is -0.309 e. The highest BCUT2D eigenvalue weighted by molar-refractivity contribution is 7.99. The zero-order chi connectivity index (χ0) is 11.2. The lowest BCUT2D eigenvalue weighted by Gasteiger charge is -2.25. The van der Waals surface area contributed by atoms with E-state index in [1.54, 1.807) is 17.5 Å². The van der Waals surface area contributed by atoms with Crippen LogP contribution < -0.4 is 5.32 Å². The lowest BCUT2D eigenvalue weighted by molar-refractivity contribution is 0.301. The summed E-state index contributed by atoms with van der Waals surface area (Å²) in [6.07, 6.45) is 1.71. The average Bonchev–Trinajstić information content (AvgIpc) is 2.72. The summed E-state index contributed by atoms with van der Waals surface area (Å²) in [5, 5.41) is 4.47. The minimum absolute atomic E-state index is 0.768. The Labute approximate surface area is 110 Å². The molecule has 0 saturated carbocycles. The summed E-state index contributed by atoms with van der Waals surface area (Å²) in [5.74, 6) is 2.56. The fourth-order valence-electron chi connectivity index (χ4n) is 1.63. The summed E-state index contributed by atoms with van der Waals surface area (Å²) in [6.45, 7) is 5.46. The van der Waals surface area contributed by atoms with E-state index in [1.807, 2.05) is 0 Å². The Balaban J connectivity index is 1.57. The Kier molecular flexibility index (Phi) is 5.38. The molecule has 90 valence electrons. The molecule has 0 aliphatic carbocycles. The molecule has 0 unspecified atom stereocenters. The van der Waals surface area contributed by atoms with E-state index in [9.17, 15) is 0 Å². The lowest BCUT2D eigenvalue weighted by atomic mass is 10.4. The second-order valence-electron chi connectivity index (χ2n) is 3.69. The van der Waals surface area contributed by atoms with E-state index in [-0.39, 0.29) is 0 Å². The first-order valence-electron chi connectivity index (χ1n) is 5.45. The number of halogens is 1. The molecule has 1 fully saturated rings. The Morgan fingerprint density at radius 1 is 1.44 bits per heavy atom. The number of hydrogen-bond acceptors (Lipinski definition) is 5. The molecular formula is C10H16ClN3S2. The topological polar surface area (TPSA) is 28.2 Å². The van der Waals surface area contributed by atoms with Gasteiger partial charge in [-0.3, -0.25) is 0 Å². The molecule has 1 saturated heterocycles. The number of thioether (sulfide) groups is 1. The number of thiazole rings is 1. The van der Waals surface area contributed by atoms with Gasteiger partial charge >= 0.3 is 0 Å². The Hall–Kier alpha value is 0.190. The zero-order valence-corrected chi connectivity index (χ0v) is 11.5. The largest absolute Gasteiger partial charge is 0.309 e. The van der Waals surface area contributed by atoms with Crippen LogP contribution in [-0.2, 0) is 6.54 Å². The highest BCUT2D eigenvalue weighted by Gasteiger charge is 2.09. The normalized spacial score (nSPS) is 17.8. The maximum Gasteiger partial charge on any atom is 0.113 e. The Morgan fingerprint density at radius 2 is 2.25 bits per heavy atom. The van der Waals surface area contributed by atoms with E-state index >= 15 is 0 Å². The van der Waals surface area contributed by atoms with Crippen molar-refractivity contribution >= 4 is 34.7 Å². The quantitative estimate of drug-likeness (QED) is 0.833. The van der Waals surface area contributed by atoms with Crippen molar-refractivity contribution in [2.75, 3.05) is 37.7 Å². The van der Waals surface area contributed by atoms with E-state index in [1.165, 1.54) is 24.6 Å². The van der Waals surface area contributed by atoms with Crippen LogP contribution in [0.2, 0.25) is 4.34 Å². The van der Waals surface area contributed by atoms with Crippen LogP contribution in [0.5, 0.6) is 0 Å². The molecule has 0 bridgehead atoms. The van der Waals surface area contributed by atoms with Gasteiger partial charge in [-0.25, -0.2) is 4.98 Å². The second-order valence-corrected chi connectivity index (χ2v) is 6.66. The summed E-state index contributed by atoms with van der Waals surface area (Å²) in [4.78, 5) is 6.72. The van der Waals surface area contributed by atoms with Crippen LogP contribution >= 0.6 is 34.7 Å². The number of nitrogens with one attached hydrogen (secondary N) is 1. The zero-order valence-electron chi connectivity index (χ0n) is 9.12. The summed E-state index contributed by atoms with van der Waals surface area (Å²) in [5.41, 5.74) is 0. The van der Waals surface area contributed by atoms with Gasteiger partial charge < -0.3 is 10.2 Å². The summed E-state index contributed by atoms with van der Waals surface area (Å²) < 4.78 is 0.768. The molecular weight excluding hydrogens is 262 g/mol. The van der Waals surface area contributed by atoms with Gasteiger partial charge in [0.2, 0.25) is 0 Å². The van der Waals surface area contributed by atoms with E-state index in [0.717, 1.165) is 29.0 Å². The molecule has 0 aromatic carbocycles. The van der Waals surface area contributed by atoms with Crippen LogP contribution in [0, 0.1) is 0 Å². The van der Waals surface area contributed by atoms with Gasteiger partial charge in [-0.2, -0.15) is 11.8 Å². The highest BCUT2D eigenvalue weighted by atomic mass is 35.5. The summed E-state index contributed by atoms with van der Waals surface area (Å²) in [6, 6.07) is 0. The predicted molar refractivity (Wildman–Crippen MR) is 72.6 cm³/mol. The molecule has 2 heterocycles. The van der Waals surface area contributed by atoms with Crippen molar-refractivity contribution in [2.45, 2.75) is 6.54 Å². The van der Waals surface area contributed by atoms with E-state index in [0.29, 0.717) is 0 Å². The van der Waals surface area contributed by atoms with Gasteiger partial charge in [0.25, 0.3) is 0 Å². The van der Waals surface area contributed by atoms with Crippen molar-refractivity contribution in [1.29, 1.82) is 0 Å². The van der Waals surface area contributed by atoms with Gasteiger partial charge in [0.15, 0.2) is 0 Å². The van der Waals surface area contributed by atoms with Crippen molar-refractivity contribution in [3.05, 3.63) is 15.5 Å². The SMILES string of the molecule is Clc1cnc(CNCCN2CCSCC2)s1. The smallest absolute Gasteiger partial charge is 0.113 e. The molecule has 3 nitrogen and oxygen atoms in total. The third-order valence-corrected chi connectivity index (χ3v) is 4.57. The second kappa shape index (κ2) is 6.81. The molecule has 0 spiro atoms. The van der Waals surface area contributed by atoms with Crippen LogP contribution in [0.15, 0.2) is 6.20 Å². The van der Waals surface area contributed by atoms with E-state index < -0.39 is 0 Å². The number of rotatable bonds is 5. The van der Waals surface area contributed by atoms with Crippen LogP contribution in [0.1, 0.15) is 5.01 Å². The van der Waals surface area contributed by atoms with Gasteiger partial charge in [-0.05, 0) is 0 Å². The van der Waals surface area contributed by atoms with Crippen molar-refractivity contribution in [1.82, 2.24) is 15.2 Å². The Bertz CT molecular complexity index is 313. The number of nitrogens with zero attached hydrogens (tertiary/aromatic N) is 2. The molecule has 0 radical (unpaired) electrons. The molecule has 6 heteroatoms. The summed E-state index contributed by atoms with van der Waals surface area (Å²) in [7, 11) is 0. The lowest BCUT2D eigenvalue weighted by Crippen LogP contribution is -2.37. The van der Waals surface area contributed by atoms with Crippen molar-refractivity contribution in [2.24, 2.45) is 0 Å². The van der Waals surface area contributed by atoms with Gasteiger partial charge in [0.05, 0.1) is 6.20 Å². The fourth-order valence-corrected chi connectivity index (χ4v) is 3.53. The van der Waals surface area contributed by atoms with Crippen molar-refractivity contribution < 1.29 is 0 Å². The molecule has 2 rings (SSSR count). The molecule has 1 N–H and O–H groups in total. The van der Waals surface area contributed by atoms with Crippen molar-refractivity contribution in [3.63, 3.8) is 0 Å². The molecule has 1 aliphatic rings. The average molecular weight is 278 g/mol. The fraction of sp³-hybridized carbons (Fsp3) is 0.700. The monoisotopic (exact) mass is 277 g/mol. The molecule has 1 aromatic heterocycles. The first-order valence-corrected chi connectivity index (χ1v) is 7.80. The van der Waals surface area contributed by atoms with Crippen LogP contribution in [-0.4, -0.2) is 47.6 Å². The van der Waals surface area contributed by atoms with Crippen LogP contribution in [0.3, 0.4) is 0 Å². The summed E-state index contributed by atoms with van der Waals surface area (Å²) >= 11 is 9.41. The van der Waals surface area contributed by atoms with Gasteiger partial charge in [0.1, 0.15) is 9.34 Å². The predicted octanol–water partition coefficient (Wildman–Crippen LogP) is 1.93. The van der Waals surface area contributed by atoms with Crippen LogP contribution in [0.25, 0.3) is 0 Å². The first kappa shape index (κ1) is 12.6. The minimum atomic E-state index is 0.768. The third-order valence-electron chi connectivity index (χ3n) is 2.51. The third kappa shape index (κ3) is 4.22. The first-order chi connectivity index (χ1) is 7.84. The maximum absolute atomic E-state index is 5.81. The number of hydrogen-bond donors (Lipinski definition) is 1. The van der Waals surface area contributed by atoms with E-state index in [4.69, 9.17) is 11.6 Å². The Morgan fingerprint density at radius 3 is 2.94 bits per heavy atom. The van der Waals surface area contributed by atoms with Gasteiger partial charge in [-0.1, -0.05) is 11.6 Å². The molecule has 0 atom stereocenters. The molecule has 0 amide bonds. The van der Waals surface area contributed by atoms with Gasteiger partial charge in [0, 0.05) is 44.2 Å². The molecule has 16 heavy (non-hydrogen) atoms. The maximum atomic E-state index is 5.81. The van der Waals surface area contributed by atoms with Crippen molar-refractivity contribution in [3.8, 4) is 0 Å². The molecule has 1 aromatic rings. The van der Waals surface area contributed by atoms with E-state index in [2.05, 4.69) is 27.0 Å². The van der Waals surface area contributed by atoms with Gasteiger partial charge in [-0.15, -0.1) is 11.3 Å². The molecule has 1 aliphatic heterocycles. The standard InChI is InChI=1S/C10H16ClN3S2/c11-9-7-13-10(16-9)8-12-1-2-14-3-5-15-6-4-14/h7,12H,1-6,8H2. The van der Waals surface area contributed by atoms with Crippen LogP contribution in [0.4, 0.5) is 0 Å². The number of aromatic nitrogens is 1.